The van der Waals surface area contributed by atoms with Crippen LogP contribution in [0, 0.1) is 5.92 Å². The SMILES string of the molecule is CSc1ncc(Br)c(C(=O)N2CC[C@@H](C)[C@@H]2CO)n1. The smallest absolute Gasteiger partial charge is 0.274 e. The summed E-state index contributed by atoms with van der Waals surface area (Å²) in [5, 5.41) is 10.00. The van der Waals surface area contributed by atoms with E-state index in [2.05, 4.69) is 32.8 Å². The summed E-state index contributed by atoms with van der Waals surface area (Å²) in [6.45, 7) is 2.71. The van der Waals surface area contributed by atoms with E-state index in [0.717, 1.165) is 6.42 Å². The van der Waals surface area contributed by atoms with Crippen molar-refractivity contribution >= 4 is 33.6 Å². The van der Waals surface area contributed by atoms with Crippen molar-refractivity contribution in [2.75, 3.05) is 19.4 Å². The zero-order chi connectivity index (χ0) is 14.0. The van der Waals surface area contributed by atoms with E-state index in [9.17, 15) is 9.90 Å². The summed E-state index contributed by atoms with van der Waals surface area (Å²) in [4.78, 5) is 22.6. The Hall–Kier alpha value is -0.660. The number of aromatic nitrogens is 2. The number of hydrogen-bond acceptors (Lipinski definition) is 5. The zero-order valence-corrected chi connectivity index (χ0v) is 13.2. The van der Waals surface area contributed by atoms with Gasteiger partial charge in [0.15, 0.2) is 5.16 Å². The molecule has 104 valence electrons. The second kappa shape index (κ2) is 6.19. The Labute approximate surface area is 124 Å². The van der Waals surface area contributed by atoms with Crippen LogP contribution < -0.4 is 0 Å². The van der Waals surface area contributed by atoms with Crippen LogP contribution in [0.1, 0.15) is 23.8 Å². The minimum atomic E-state index is -0.145. The van der Waals surface area contributed by atoms with Crippen LogP contribution in [0.15, 0.2) is 15.8 Å². The highest BCUT2D eigenvalue weighted by atomic mass is 79.9. The molecule has 7 heteroatoms. The van der Waals surface area contributed by atoms with E-state index in [1.165, 1.54) is 11.8 Å². The molecule has 5 nitrogen and oxygen atoms in total. The Kier molecular flexibility index (Phi) is 4.81. The molecule has 0 unspecified atom stereocenters. The maximum Gasteiger partial charge on any atom is 0.274 e. The van der Waals surface area contributed by atoms with Crippen LogP contribution in [0.3, 0.4) is 0 Å². The van der Waals surface area contributed by atoms with Gasteiger partial charge in [0, 0.05) is 12.7 Å². The number of carbonyl (C=O) groups is 1. The first kappa shape index (κ1) is 14.7. The van der Waals surface area contributed by atoms with Gasteiger partial charge in [-0.25, -0.2) is 9.97 Å². The first-order valence-corrected chi connectivity index (χ1v) is 8.08. The molecule has 1 aromatic heterocycles. The maximum absolute atomic E-state index is 12.5. The predicted octanol–water partition coefficient (Wildman–Crippen LogP) is 1.80. The second-order valence-electron chi connectivity index (χ2n) is 4.57. The normalized spacial score (nSPS) is 22.8. The number of amides is 1. The lowest BCUT2D eigenvalue weighted by atomic mass is 10.0. The molecule has 0 radical (unpaired) electrons. The molecule has 0 aliphatic carbocycles. The van der Waals surface area contributed by atoms with Crippen molar-refractivity contribution in [3.63, 3.8) is 0 Å². The third-order valence-corrected chi connectivity index (χ3v) is 4.58. The Morgan fingerprint density at radius 3 is 3.05 bits per heavy atom. The van der Waals surface area contributed by atoms with Crippen molar-refractivity contribution in [2.45, 2.75) is 24.5 Å². The van der Waals surface area contributed by atoms with Crippen molar-refractivity contribution in [3.05, 3.63) is 16.4 Å². The Morgan fingerprint density at radius 1 is 1.68 bits per heavy atom. The molecular weight excluding hydrogens is 330 g/mol. The number of thioether (sulfide) groups is 1. The number of carbonyl (C=O) groups excluding carboxylic acids is 1. The van der Waals surface area contributed by atoms with Gasteiger partial charge in [-0.15, -0.1) is 0 Å². The van der Waals surface area contributed by atoms with Crippen LogP contribution in [0.5, 0.6) is 0 Å². The molecule has 0 spiro atoms. The molecule has 1 fully saturated rings. The Morgan fingerprint density at radius 2 is 2.42 bits per heavy atom. The van der Waals surface area contributed by atoms with E-state index in [0.29, 0.717) is 27.8 Å². The van der Waals surface area contributed by atoms with Crippen molar-refractivity contribution < 1.29 is 9.90 Å². The maximum atomic E-state index is 12.5. The topological polar surface area (TPSA) is 66.3 Å². The van der Waals surface area contributed by atoms with Crippen LogP contribution in [0.25, 0.3) is 0 Å². The molecule has 1 aromatic rings. The van der Waals surface area contributed by atoms with Crippen molar-refractivity contribution in [1.29, 1.82) is 0 Å². The molecule has 2 heterocycles. The molecule has 0 bridgehead atoms. The van der Waals surface area contributed by atoms with Crippen LogP contribution >= 0.6 is 27.7 Å². The summed E-state index contributed by atoms with van der Waals surface area (Å²) in [5.74, 6) is 0.169. The number of halogens is 1. The zero-order valence-electron chi connectivity index (χ0n) is 10.8. The van der Waals surface area contributed by atoms with Gasteiger partial charge < -0.3 is 10.0 Å². The summed E-state index contributed by atoms with van der Waals surface area (Å²) in [6.07, 6.45) is 4.38. The second-order valence-corrected chi connectivity index (χ2v) is 6.20. The van der Waals surface area contributed by atoms with Gasteiger partial charge in [-0.05, 0) is 34.5 Å². The van der Waals surface area contributed by atoms with Crippen molar-refractivity contribution in [2.24, 2.45) is 5.92 Å². The van der Waals surface area contributed by atoms with Crippen LogP contribution in [-0.4, -0.2) is 51.3 Å². The van der Waals surface area contributed by atoms with Gasteiger partial charge in [0.25, 0.3) is 5.91 Å². The highest BCUT2D eigenvalue weighted by Crippen LogP contribution is 2.27. The highest BCUT2D eigenvalue weighted by Gasteiger charge is 2.35. The number of hydrogen-bond donors (Lipinski definition) is 1. The minimum Gasteiger partial charge on any atom is -0.394 e. The molecule has 2 rings (SSSR count). The van der Waals surface area contributed by atoms with Crippen LogP contribution in [0.2, 0.25) is 0 Å². The summed E-state index contributed by atoms with van der Waals surface area (Å²) < 4.78 is 0.589. The molecule has 19 heavy (non-hydrogen) atoms. The summed E-state index contributed by atoms with van der Waals surface area (Å²) in [5.41, 5.74) is 0.368. The fourth-order valence-corrected chi connectivity index (χ4v) is 2.98. The minimum absolute atomic E-state index is 0.00893. The number of nitrogens with zero attached hydrogens (tertiary/aromatic N) is 3. The van der Waals surface area contributed by atoms with Gasteiger partial charge in [-0.3, -0.25) is 4.79 Å². The Bertz CT molecular complexity index is 486. The van der Waals surface area contributed by atoms with Gasteiger partial charge in [-0.1, -0.05) is 18.7 Å². The summed E-state index contributed by atoms with van der Waals surface area (Å²) in [6, 6.07) is -0.118. The molecule has 1 aliphatic heterocycles. The third kappa shape index (κ3) is 2.93. The number of aliphatic hydroxyl groups is 1. The number of likely N-dealkylation sites (tertiary alicyclic amines) is 1. The monoisotopic (exact) mass is 345 g/mol. The van der Waals surface area contributed by atoms with E-state index in [-0.39, 0.29) is 18.6 Å². The predicted molar refractivity (Wildman–Crippen MR) is 77.2 cm³/mol. The number of aliphatic hydroxyl groups excluding tert-OH is 1. The average molecular weight is 346 g/mol. The van der Waals surface area contributed by atoms with Crippen molar-refractivity contribution in [3.8, 4) is 0 Å². The lowest BCUT2D eigenvalue weighted by Gasteiger charge is -2.25. The quantitative estimate of drug-likeness (QED) is 0.668. The van der Waals surface area contributed by atoms with Gasteiger partial charge in [0.05, 0.1) is 17.1 Å². The van der Waals surface area contributed by atoms with Gasteiger partial charge in [0.1, 0.15) is 5.69 Å². The van der Waals surface area contributed by atoms with E-state index in [4.69, 9.17) is 0 Å². The Balaban J connectivity index is 2.29. The van der Waals surface area contributed by atoms with E-state index in [1.807, 2.05) is 6.26 Å². The fourth-order valence-electron chi connectivity index (χ4n) is 2.27. The van der Waals surface area contributed by atoms with Gasteiger partial charge in [-0.2, -0.15) is 0 Å². The molecule has 0 aromatic carbocycles. The molecule has 0 saturated carbocycles. The summed E-state index contributed by atoms with van der Waals surface area (Å²) in [7, 11) is 0. The van der Waals surface area contributed by atoms with Gasteiger partial charge in [0.2, 0.25) is 0 Å². The lowest BCUT2D eigenvalue weighted by Crippen LogP contribution is -2.40. The van der Waals surface area contributed by atoms with Crippen LogP contribution in [0.4, 0.5) is 0 Å². The average Bonchev–Trinajstić information content (AvgIpc) is 2.79. The third-order valence-electron chi connectivity index (χ3n) is 3.44. The number of rotatable bonds is 3. The molecule has 1 saturated heterocycles. The molecule has 1 amide bonds. The molecule has 1 N–H and O–H groups in total. The van der Waals surface area contributed by atoms with Gasteiger partial charge >= 0.3 is 0 Å². The largest absolute Gasteiger partial charge is 0.394 e. The highest BCUT2D eigenvalue weighted by molar-refractivity contribution is 9.10. The van der Waals surface area contributed by atoms with Crippen LogP contribution in [-0.2, 0) is 0 Å². The molecule has 2 atom stereocenters. The van der Waals surface area contributed by atoms with Crippen molar-refractivity contribution in [1.82, 2.24) is 14.9 Å². The molecular formula is C12H16BrN3O2S. The summed E-state index contributed by atoms with van der Waals surface area (Å²) >= 11 is 4.72. The van der Waals surface area contributed by atoms with E-state index in [1.54, 1.807) is 11.1 Å². The van der Waals surface area contributed by atoms with E-state index < -0.39 is 0 Å². The lowest BCUT2D eigenvalue weighted by molar-refractivity contribution is 0.0640. The van der Waals surface area contributed by atoms with E-state index >= 15 is 0 Å². The molecule has 1 aliphatic rings. The fraction of sp³-hybridized carbons (Fsp3) is 0.583. The first-order valence-electron chi connectivity index (χ1n) is 6.06. The first-order chi connectivity index (χ1) is 9.08. The standard InChI is InChI=1S/C12H16BrN3O2S/c1-7-3-4-16(9(7)6-17)11(18)10-8(13)5-14-12(15-10)19-2/h5,7,9,17H,3-4,6H2,1-2H3/t7-,9+/m1/s1.